The van der Waals surface area contributed by atoms with Crippen LogP contribution in [0.25, 0.3) is 0 Å². The molecule has 1 fully saturated rings. The second-order valence-corrected chi connectivity index (χ2v) is 6.89. The molecule has 2 rings (SSSR count). The fourth-order valence-electron chi connectivity index (χ4n) is 2.01. The highest BCUT2D eigenvalue weighted by Gasteiger charge is 2.29. The highest BCUT2D eigenvalue weighted by molar-refractivity contribution is 9.10. The first-order chi connectivity index (χ1) is 9.33. The second kappa shape index (κ2) is 5.99. The maximum Gasteiger partial charge on any atom is 0.317 e. The number of ether oxygens (including phenoxy) is 1. The summed E-state index contributed by atoms with van der Waals surface area (Å²) in [4.78, 5) is 18.0. The number of aromatic nitrogens is 1. The van der Waals surface area contributed by atoms with Crippen molar-refractivity contribution < 1.29 is 9.53 Å². The summed E-state index contributed by atoms with van der Waals surface area (Å²) < 4.78 is 6.71. The van der Waals surface area contributed by atoms with E-state index in [4.69, 9.17) is 4.74 Å². The summed E-state index contributed by atoms with van der Waals surface area (Å²) in [6, 6.07) is 3.68. The van der Waals surface area contributed by atoms with Crippen LogP contribution in [0.4, 0.5) is 4.79 Å². The summed E-state index contributed by atoms with van der Waals surface area (Å²) in [7, 11) is 0. The van der Waals surface area contributed by atoms with E-state index in [-0.39, 0.29) is 17.7 Å². The van der Waals surface area contributed by atoms with Gasteiger partial charge in [-0.1, -0.05) is 0 Å². The van der Waals surface area contributed by atoms with Crippen molar-refractivity contribution in [1.82, 2.24) is 15.2 Å². The van der Waals surface area contributed by atoms with Crippen LogP contribution < -0.4 is 10.1 Å². The Bertz CT molecular complexity index is 470. The summed E-state index contributed by atoms with van der Waals surface area (Å²) in [6.45, 7) is 7.23. The lowest BCUT2D eigenvalue weighted by atomic mass is 10.1. The van der Waals surface area contributed by atoms with Crippen LogP contribution in [-0.2, 0) is 0 Å². The molecule has 0 radical (unpaired) electrons. The number of rotatable bonds is 2. The first-order valence-corrected chi connectivity index (χ1v) is 7.48. The van der Waals surface area contributed by atoms with Crippen molar-refractivity contribution in [3.05, 3.63) is 22.8 Å². The van der Waals surface area contributed by atoms with Crippen molar-refractivity contribution in [2.75, 3.05) is 13.1 Å². The zero-order valence-corrected chi connectivity index (χ0v) is 13.6. The van der Waals surface area contributed by atoms with Gasteiger partial charge in [0, 0.05) is 35.2 Å². The zero-order valence-electron chi connectivity index (χ0n) is 12.0. The van der Waals surface area contributed by atoms with E-state index in [1.807, 2.05) is 32.9 Å². The zero-order chi connectivity index (χ0) is 14.8. The van der Waals surface area contributed by atoms with Gasteiger partial charge in [0.2, 0.25) is 5.88 Å². The Morgan fingerprint density at radius 3 is 2.85 bits per heavy atom. The molecule has 1 aromatic heterocycles. The van der Waals surface area contributed by atoms with E-state index < -0.39 is 0 Å². The lowest BCUT2D eigenvalue weighted by Gasteiger charge is -2.25. The van der Waals surface area contributed by atoms with Gasteiger partial charge in [-0.05, 0) is 42.8 Å². The molecular formula is C14H20BrN3O2. The topological polar surface area (TPSA) is 54.5 Å². The van der Waals surface area contributed by atoms with E-state index in [0.717, 1.165) is 10.9 Å². The second-order valence-electron chi connectivity index (χ2n) is 5.97. The van der Waals surface area contributed by atoms with E-state index in [1.165, 1.54) is 0 Å². The molecule has 1 N–H and O–H groups in total. The highest BCUT2D eigenvalue weighted by atomic mass is 79.9. The fraction of sp³-hybridized carbons (Fsp3) is 0.571. The molecule has 0 spiro atoms. The van der Waals surface area contributed by atoms with Gasteiger partial charge < -0.3 is 15.0 Å². The smallest absolute Gasteiger partial charge is 0.317 e. The number of nitrogens with zero attached hydrogens (tertiary/aromatic N) is 2. The molecule has 6 heteroatoms. The summed E-state index contributed by atoms with van der Waals surface area (Å²) in [6.07, 6.45) is 2.54. The molecule has 1 unspecified atom stereocenters. The van der Waals surface area contributed by atoms with Gasteiger partial charge in [0.25, 0.3) is 0 Å². The summed E-state index contributed by atoms with van der Waals surface area (Å²) >= 11 is 3.34. The monoisotopic (exact) mass is 341 g/mol. The number of carbonyl (C=O) groups excluding carboxylic acids is 1. The van der Waals surface area contributed by atoms with Gasteiger partial charge in [-0.2, -0.15) is 0 Å². The SMILES string of the molecule is CC(C)(C)NC(=O)N1CCC(Oc2ccc(Br)cn2)C1. The standard InChI is InChI=1S/C14H20BrN3O2/c1-14(2,3)17-13(19)18-7-6-11(9-18)20-12-5-4-10(15)8-16-12/h4-5,8,11H,6-7,9H2,1-3H3,(H,17,19). The van der Waals surface area contributed by atoms with Crippen LogP contribution in [0.3, 0.4) is 0 Å². The van der Waals surface area contributed by atoms with Crippen molar-refractivity contribution in [2.24, 2.45) is 0 Å². The lowest BCUT2D eigenvalue weighted by molar-refractivity contribution is 0.178. The van der Waals surface area contributed by atoms with Crippen molar-refractivity contribution >= 4 is 22.0 Å². The molecule has 0 aliphatic carbocycles. The molecule has 2 amide bonds. The van der Waals surface area contributed by atoms with Gasteiger partial charge in [0.15, 0.2) is 0 Å². The molecule has 2 heterocycles. The van der Waals surface area contributed by atoms with Gasteiger partial charge in [-0.15, -0.1) is 0 Å². The first-order valence-electron chi connectivity index (χ1n) is 6.69. The molecule has 20 heavy (non-hydrogen) atoms. The van der Waals surface area contributed by atoms with Gasteiger partial charge >= 0.3 is 6.03 Å². The molecule has 0 saturated carbocycles. The maximum absolute atomic E-state index is 12.0. The number of nitrogens with one attached hydrogen (secondary N) is 1. The number of hydrogen-bond acceptors (Lipinski definition) is 3. The van der Waals surface area contributed by atoms with Gasteiger partial charge in [0.05, 0.1) is 6.54 Å². The summed E-state index contributed by atoms with van der Waals surface area (Å²) in [5.41, 5.74) is -0.219. The Kier molecular flexibility index (Phi) is 4.52. The molecule has 0 aromatic carbocycles. The van der Waals surface area contributed by atoms with E-state index in [1.54, 1.807) is 11.1 Å². The molecule has 0 bridgehead atoms. The number of urea groups is 1. The lowest BCUT2D eigenvalue weighted by Crippen LogP contribution is -2.48. The molecule has 1 saturated heterocycles. The Hall–Kier alpha value is -1.30. The number of likely N-dealkylation sites (tertiary alicyclic amines) is 1. The quantitative estimate of drug-likeness (QED) is 0.899. The maximum atomic E-state index is 12.0. The molecular weight excluding hydrogens is 322 g/mol. The van der Waals surface area contributed by atoms with Crippen LogP contribution in [0.15, 0.2) is 22.8 Å². The number of carbonyl (C=O) groups is 1. The third kappa shape index (κ3) is 4.37. The Balaban J connectivity index is 1.86. The normalized spacial score (nSPS) is 19.0. The minimum absolute atomic E-state index is 0.00870. The minimum Gasteiger partial charge on any atom is -0.472 e. The first kappa shape index (κ1) is 15.1. The van der Waals surface area contributed by atoms with Crippen molar-refractivity contribution in [2.45, 2.75) is 38.8 Å². The predicted molar refractivity (Wildman–Crippen MR) is 80.8 cm³/mol. The molecule has 1 atom stereocenters. The van der Waals surface area contributed by atoms with Crippen LogP contribution in [0.2, 0.25) is 0 Å². The van der Waals surface area contributed by atoms with Crippen molar-refractivity contribution in [3.63, 3.8) is 0 Å². The van der Waals surface area contributed by atoms with E-state index >= 15 is 0 Å². The molecule has 1 aliphatic heterocycles. The van der Waals surface area contributed by atoms with E-state index in [9.17, 15) is 4.79 Å². The van der Waals surface area contributed by atoms with Crippen LogP contribution in [0.5, 0.6) is 5.88 Å². The predicted octanol–water partition coefficient (Wildman–Crippen LogP) is 2.81. The molecule has 5 nitrogen and oxygen atoms in total. The summed E-state index contributed by atoms with van der Waals surface area (Å²) in [5, 5.41) is 2.96. The third-order valence-corrected chi connectivity index (χ3v) is 3.37. The number of pyridine rings is 1. The largest absolute Gasteiger partial charge is 0.472 e. The van der Waals surface area contributed by atoms with Crippen LogP contribution in [-0.4, -0.2) is 40.6 Å². The molecule has 1 aromatic rings. The Morgan fingerprint density at radius 1 is 1.50 bits per heavy atom. The molecule has 110 valence electrons. The Labute approximate surface area is 127 Å². The number of amides is 2. The van der Waals surface area contributed by atoms with Crippen molar-refractivity contribution in [1.29, 1.82) is 0 Å². The van der Waals surface area contributed by atoms with Gasteiger partial charge in [-0.3, -0.25) is 0 Å². The average molecular weight is 342 g/mol. The Morgan fingerprint density at radius 2 is 2.25 bits per heavy atom. The number of halogens is 1. The van der Waals surface area contributed by atoms with E-state index in [2.05, 4.69) is 26.2 Å². The van der Waals surface area contributed by atoms with Gasteiger partial charge in [0.1, 0.15) is 6.10 Å². The number of hydrogen-bond donors (Lipinski definition) is 1. The average Bonchev–Trinajstić information content (AvgIpc) is 2.79. The van der Waals surface area contributed by atoms with E-state index in [0.29, 0.717) is 19.0 Å². The van der Waals surface area contributed by atoms with Crippen LogP contribution in [0, 0.1) is 0 Å². The van der Waals surface area contributed by atoms with Gasteiger partial charge in [-0.25, -0.2) is 9.78 Å². The molecule has 1 aliphatic rings. The fourth-order valence-corrected chi connectivity index (χ4v) is 2.25. The van der Waals surface area contributed by atoms with Crippen LogP contribution >= 0.6 is 15.9 Å². The summed E-state index contributed by atoms with van der Waals surface area (Å²) in [5.74, 6) is 0.594. The highest BCUT2D eigenvalue weighted by Crippen LogP contribution is 2.18. The van der Waals surface area contributed by atoms with Crippen molar-refractivity contribution in [3.8, 4) is 5.88 Å². The van der Waals surface area contributed by atoms with Crippen LogP contribution in [0.1, 0.15) is 27.2 Å². The minimum atomic E-state index is -0.219. The third-order valence-electron chi connectivity index (χ3n) is 2.90.